The number of nitrogens with zero attached hydrogens (tertiary/aromatic N) is 8. The highest BCUT2D eigenvalue weighted by Gasteiger charge is 2.33. The van der Waals surface area contributed by atoms with E-state index in [2.05, 4.69) is 28.4 Å². The highest BCUT2D eigenvalue weighted by Crippen LogP contribution is 2.43. The lowest BCUT2D eigenvalue weighted by Gasteiger charge is -2.28. The standard InChI is InChI=1S/C44H53N9O6/c1-27-12-15-35-33(23-48-53(35)38-11-9-10-18-57-38)40(27)58-42-39-31(20-37(49-42)52-17-16-29(24-52)51(6)43(54)59-44(2,3)4)32(34-25-50(5)26-47-34)22-46-41(39)45-21-28-13-14-30(55-7)19-36(28)56-8/h12-15,19-20,22-23,25-26,29,38H,9-11,16-18,21,24H2,1-8H3,(H,45,46)/t29-,38?/m1/s1. The number of ether oxygens (including phenoxy) is 5. The number of methoxy groups -OCH3 is 2. The number of carbonyl (C=O) groups excluding carboxylic acids is 1. The molecule has 2 atom stereocenters. The first-order valence-corrected chi connectivity index (χ1v) is 20.1. The van der Waals surface area contributed by atoms with Crippen LogP contribution in [0.1, 0.15) is 63.8 Å². The van der Waals surface area contributed by atoms with Crippen molar-refractivity contribution in [1.29, 1.82) is 0 Å². The van der Waals surface area contributed by atoms with E-state index in [4.69, 9.17) is 43.7 Å². The van der Waals surface area contributed by atoms with Crippen LogP contribution in [0, 0.1) is 6.92 Å². The second-order valence-electron chi connectivity index (χ2n) is 16.3. The van der Waals surface area contributed by atoms with Crippen molar-refractivity contribution in [3.63, 3.8) is 0 Å². The molecule has 6 aromatic rings. The van der Waals surface area contributed by atoms with Gasteiger partial charge in [-0.3, -0.25) is 0 Å². The van der Waals surface area contributed by atoms with Crippen LogP contribution >= 0.6 is 0 Å². The van der Waals surface area contributed by atoms with Crippen LogP contribution in [-0.4, -0.2) is 92.9 Å². The molecule has 15 nitrogen and oxygen atoms in total. The molecular formula is C44H53N9O6. The molecule has 1 amide bonds. The first-order chi connectivity index (χ1) is 28.4. The van der Waals surface area contributed by atoms with E-state index < -0.39 is 5.60 Å². The first kappa shape index (κ1) is 39.7. The number of pyridine rings is 2. The number of rotatable bonds is 11. The maximum atomic E-state index is 13.1. The van der Waals surface area contributed by atoms with Gasteiger partial charge in [0.2, 0.25) is 5.88 Å². The Morgan fingerprint density at radius 2 is 1.88 bits per heavy atom. The summed E-state index contributed by atoms with van der Waals surface area (Å²) in [5, 5.41) is 10.8. The Labute approximate surface area is 344 Å². The summed E-state index contributed by atoms with van der Waals surface area (Å²) in [5.41, 5.74) is 3.74. The third kappa shape index (κ3) is 8.16. The van der Waals surface area contributed by atoms with Crippen molar-refractivity contribution in [3.8, 4) is 34.4 Å². The van der Waals surface area contributed by atoms with Crippen LogP contribution in [-0.2, 0) is 23.1 Å². The van der Waals surface area contributed by atoms with Gasteiger partial charge in [0.15, 0.2) is 6.23 Å². The molecule has 2 aliphatic heterocycles. The largest absolute Gasteiger partial charge is 0.497 e. The molecule has 2 aromatic carbocycles. The molecule has 8 rings (SSSR count). The third-order valence-electron chi connectivity index (χ3n) is 11.0. The van der Waals surface area contributed by atoms with Crippen molar-refractivity contribution in [3.05, 3.63) is 72.4 Å². The fourth-order valence-electron chi connectivity index (χ4n) is 7.85. The normalized spacial score (nSPS) is 17.1. The van der Waals surface area contributed by atoms with Gasteiger partial charge < -0.3 is 43.4 Å². The van der Waals surface area contributed by atoms with E-state index in [-0.39, 0.29) is 18.4 Å². The molecule has 6 heterocycles. The lowest BCUT2D eigenvalue weighted by Crippen LogP contribution is -2.42. The Morgan fingerprint density at radius 1 is 1.03 bits per heavy atom. The number of anilines is 2. The number of imidazole rings is 1. The number of nitrogens with one attached hydrogen (secondary N) is 1. The number of aromatic nitrogens is 6. The van der Waals surface area contributed by atoms with Gasteiger partial charge in [0.1, 0.15) is 34.5 Å². The van der Waals surface area contributed by atoms with E-state index in [1.165, 1.54) is 0 Å². The smallest absolute Gasteiger partial charge is 0.410 e. The van der Waals surface area contributed by atoms with Crippen LogP contribution in [0.4, 0.5) is 16.4 Å². The van der Waals surface area contributed by atoms with Crippen LogP contribution in [0.5, 0.6) is 23.1 Å². The van der Waals surface area contributed by atoms with Crippen molar-refractivity contribution in [2.75, 3.05) is 51.2 Å². The van der Waals surface area contributed by atoms with Crippen molar-refractivity contribution < 1.29 is 28.5 Å². The Morgan fingerprint density at radius 3 is 2.61 bits per heavy atom. The van der Waals surface area contributed by atoms with E-state index in [9.17, 15) is 4.79 Å². The van der Waals surface area contributed by atoms with E-state index >= 15 is 0 Å². The minimum Gasteiger partial charge on any atom is -0.497 e. The second-order valence-corrected chi connectivity index (χ2v) is 16.3. The van der Waals surface area contributed by atoms with Gasteiger partial charge in [-0.15, -0.1) is 0 Å². The van der Waals surface area contributed by atoms with Gasteiger partial charge in [-0.25, -0.2) is 19.4 Å². The summed E-state index contributed by atoms with van der Waals surface area (Å²) >= 11 is 0. The zero-order valence-electron chi connectivity index (χ0n) is 35.1. The summed E-state index contributed by atoms with van der Waals surface area (Å²) < 4.78 is 34.0. The first-order valence-electron chi connectivity index (χ1n) is 20.1. The molecule has 0 radical (unpaired) electrons. The second kappa shape index (κ2) is 16.3. The van der Waals surface area contributed by atoms with Crippen LogP contribution in [0.3, 0.4) is 0 Å². The van der Waals surface area contributed by atoms with Gasteiger partial charge in [-0.05, 0) is 83.2 Å². The average molecular weight is 804 g/mol. The Bertz CT molecular complexity index is 2480. The Kier molecular flexibility index (Phi) is 11.0. The van der Waals surface area contributed by atoms with Crippen LogP contribution in [0.25, 0.3) is 32.9 Å². The zero-order chi connectivity index (χ0) is 41.4. The molecule has 0 spiro atoms. The summed E-state index contributed by atoms with van der Waals surface area (Å²) in [7, 11) is 7.02. The highest BCUT2D eigenvalue weighted by molar-refractivity contribution is 6.05. The number of amides is 1. The topological polar surface area (TPSA) is 143 Å². The summed E-state index contributed by atoms with van der Waals surface area (Å²) in [4.78, 5) is 32.1. The van der Waals surface area contributed by atoms with Gasteiger partial charge in [0.05, 0.1) is 54.8 Å². The van der Waals surface area contributed by atoms with Gasteiger partial charge in [0.25, 0.3) is 0 Å². The summed E-state index contributed by atoms with van der Waals surface area (Å²) in [5.74, 6) is 3.68. The Balaban J connectivity index is 1.26. The molecule has 310 valence electrons. The van der Waals surface area contributed by atoms with Crippen LogP contribution < -0.4 is 24.4 Å². The number of benzene rings is 2. The minimum atomic E-state index is -0.600. The van der Waals surface area contributed by atoms with Crippen molar-refractivity contribution in [1.82, 2.24) is 34.2 Å². The molecule has 2 fully saturated rings. The van der Waals surface area contributed by atoms with Gasteiger partial charge in [-0.2, -0.15) is 10.1 Å². The van der Waals surface area contributed by atoms with Gasteiger partial charge in [-0.1, -0.05) is 6.07 Å². The van der Waals surface area contributed by atoms with Gasteiger partial charge in [0, 0.05) is 75.3 Å². The number of aryl methyl sites for hydroxylation is 2. The fourth-order valence-corrected chi connectivity index (χ4v) is 7.85. The number of hydrogen-bond donors (Lipinski definition) is 1. The van der Waals surface area contributed by atoms with Crippen molar-refractivity contribution in [2.24, 2.45) is 7.05 Å². The third-order valence-corrected chi connectivity index (χ3v) is 11.0. The fraction of sp³-hybridized carbons (Fsp3) is 0.432. The van der Waals surface area contributed by atoms with Crippen LogP contribution in [0.15, 0.2) is 61.3 Å². The van der Waals surface area contributed by atoms with E-state index in [1.54, 1.807) is 32.5 Å². The minimum absolute atomic E-state index is 0.0834. The summed E-state index contributed by atoms with van der Waals surface area (Å²) in [6, 6.07) is 11.9. The van der Waals surface area contributed by atoms with Crippen LogP contribution in [0.2, 0.25) is 0 Å². The predicted octanol–water partition coefficient (Wildman–Crippen LogP) is 8.25. The lowest BCUT2D eigenvalue weighted by atomic mass is 10.1. The number of likely N-dealkylation sites (N-methyl/N-ethyl adjacent to an activating group) is 1. The van der Waals surface area contributed by atoms with E-state index in [0.717, 1.165) is 64.4 Å². The Hall–Kier alpha value is -6.09. The van der Waals surface area contributed by atoms with E-state index in [1.807, 2.05) is 80.8 Å². The molecular weight excluding hydrogens is 751 g/mol. The molecule has 4 aromatic heterocycles. The molecule has 1 unspecified atom stereocenters. The maximum Gasteiger partial charge on any atom is 0.410 e. The maximum absolute atomic E-state index is 13.1. The molecule has 0 aliphatic carbocycles. The van der Waals surface area contributed by atoms with E-state index in [0.29, 0.717) is 66.4 Å². The number of hydrogen-bond acceptors (Lipinski definition) is 12. The van der Waals surface area contributed by atoms with Gasteiger partial charge >= 0.3 is 6.09 Å². The summed E-state index contributed by atoms with van der Waals surface area (Å²) in [6.07, 6.45) is 10.7. The molecule has 2 saturated heterocycles. The monoisotopic (exact) mass is 803 g/mol. The molecule has 2 aliphatic rings. The highest BCUT2D eigenvalue weighted by atomic mass is 16.6. The molecule has 1 N–H and O–H groups in total. The molecule has 15 heteroatoms. The number of fused-ring (bicyclic) bond motifs is 2. The quantitative estimate of drug-likeness (QED) is 0.135. The predicted molar refractivity (Wildman–Crippen MR) is 227 cm³/mol. The zero-order valence-corrected chi connectivity index (χ0v) is 35.1. The lowest BCUT2D eigenvalue weighted by molar-refractivity contribution is -0.0366. The average Bonchev–Trinajstić information content (AvgIpc) is 4.01. The summed E-state index contributed by atoms with van der Waals surface area (Å²) in [6.45, 7) is 9.99. The molecule has 59 heavy (non-hydrogen) atoms. The molecule has 0 saturated carbocycles. The van der Waals surface area contributed by atoms with Crippen molar-refractivity contribution >= 4 is 39.4 Å². The number of carbonyl (C=O) groups is 1. The SMILES string of the molecule is COc1ccc(CNc2ncc(-c3cn(C)cn3)c3cc(N4CC[C@@H](N(C)C(=O)OC(C)(C)C)C4)nc(Oc4c(C)ccc5c4cnn5C4CCCCO4)c23)c(OC)c1. The van der Waals surface area contributed by atoms with Crippen molar-refractivity contribution in [2.45, 2.75) is 77.8 Å². The molecule has 0 bridgehead atoms.